The van der Waals surface area contributed by atoms with Crippen LogP contribution in [-0.4, -0.2) is 40.7 Å². The molecule has 28 heavy (non-hydrogen) atoms. The average molecular weight is 386 g/mol. The van der Waals surface area contributed by atoms with Gasteiger partial charge in [0.05, 0.1) is 11.8 Å². The van der Waals surface area contributed by atoms with Gasteiger partial charge in [0.25, 0.3) is 5.91 Å². The molecule has 1 saturated heterocycles. The van der Waals surface area contributed by atoms with E-state index in [4.69, 9.17) is 4.74 Å². The van der Waals surface area contributed by atoms with Crippen LogP contribution in [0.1, 0.15) is 45.1 Å². The third-order valence-electron chi connectivity index (χ3n) is 5.58. The Kier molecular flexibility index (Phi) is 5.82. The van der Waals surface area contributed by atoms with Crippen molar-refractivity contribution in [2.75, 3.05) is 5.32 Å². The van der Waals surface area contributed by atoms with Crippen molar-refractivity contribution in [3.05, 3.63) is 29.8 Å². The number of fused-ring (bicyclic) bond motifs is 1. The Labute approximate surface area is 164 Å². The van der Waals surface area contributed by atoms with E-state index in [0.717, 1.165) is 23.3 Å². The summed E-state index contributed by atoms with van der Waals surface area (Å²) in [7, 11) is 0. The summed E-state index contributed by atoms with van der Waals surface area (Å²) in [5, 5.41) is 2.68. The molecule has 150 valence electrons. The van der Waals surface area contributed by atoms with E-state index < -0.39 is 24.0 Å². The van der Waals surface area contributed by atoms with E-state index in [0.29, 0.717) is 18.5 Å². The number of imide groups is 1. The monoisotopic (exact) mass is 386 g/mol. The maximum atomic E-state index is 12.6. The van der Waals surface area contributed by atoms with Crippen LogP contribution >= 0.6 is 0 Å². The lowest BCUT2D eigenvalue weighted by Gasteiger charge is -2.23. The maximum absolute atomic E-state index is 12.6. The van der Waals surface area contributed by atoms with Gasteiger partial charge in [-0.25, -0.2) is 4.79 Å². The summed E-state index contributed by atoms with van der Waals surface area (Å²) in [4.78, 5) is 51.0. The average Bonchev–Trinajstić information content (AvgIpc) is 2.93. The quantitative estimate of drug-likeness (QED) is 0.620. The van der Waals surface area contributed by atoms with Crippen LogP contribution in [0.25, 0.3) is 0 Å². The number of hydrogen-bond acceptors (Lipinski definition) is 5. The summed E-state index contributed by atoms with van der Waals surface area (Å²) >= 11 is 0. The molecule has 1 aliphatic heterocycles. The van der Waals surface area contributed by atoms with Crippen LogP contribution in [0.2, 0.25) is 0 Å². The molecule has 7 heteroatoms. The van der Waals surface area contributed by atoms with Crippen molar-refractivity contribution in [1.29, 1.82) is 0 Å². The number of carbonyl (C=O) groups excluding carboxylic acids is 4. The first-order valence-corrected chi connectivity index (χ1v) is 9.74. The van der Waals surface area contributed by atoms with Gasteiger partial charge >= 0.3 is 5.97 Å². The minimum Gasteiger partial charge on any atom is -0.451 e. The largest absolute Gasteiger partial charge is 0.451 e. The molecule has 1 aromatic carbocycles. The van der Waals surface area contributed by atoms with E-state index in [1.165, 1.54) is 13.8 Å². The number of anilines is 1. The normalized spacial score (nSPS) is 23.8. The Morgan fingerprint density at radius 2 is 1.57 bits per heavy atom. The van der Waals surface area contributed by atoms with E-state index in [-0.39, 0.29) is 23.7 Å². The number of benzene rings is 1. The Bertz CT molecular complexity index is 764. The Hall–Kier alpha value is -2.70. The highest BCUT2D eigenvalue weighted by molar-refractivity contribution is 6.08. The van der Waals surface area contributed by atoms with Crippen LogP contribution in [0.4, 0.5) is 5.69 Å². The highest BCUT2D eigenvalue weighted by Crippen LogP contribution is 2.38. The zero-order chi connectivity index (χ0) is 20.4. The molecule has 1 aliphatic carbocycles. The van der Waals surface area contributed by atoms with E-state index in [1.807, 2.05) is 19.1 Å². The molecule has 4 atom stereocenters. The van der Waals surface area contributed by atoms with E-state index in [9.17, 15) is 19.2 Å². The van der Waals surface area contributed by atoms with Gasteiger partial charge in [-0.1, -0.05) is 30.5 Å². The maximum Gasteiger partial charge on any atom is 0.329 e. The van der Waals surface area contributed by atoms with Crippen LogP contribution in [0.5, 0.6) is 0 Å². The standard InChI is InChI=1S/C21H26N2O5/c1-12-8-10-15(11-9-12)22-18(24)14(3)28-21(27)13(2)23-19(25)16-6-4-5-7-17(16)20(23)26/h8-11,13-14,16-17H,4-7H2,1-3H3,(H,22,24)/t13-,14+,16-,17-/m0/s1. The lowest BCUT2D eigenvalue weighted by molar-refractivity contribution is -0.163. The molecule has 0 aromatic heterocycles. The highest BCUT2D eigenvalue weighted by atomic mass is 16.5. The number of carbonyl (C=O) groups is 4. The number of esters is 1. The Balaban J connectivity index is 1.60. The van der Waals surface area contributed by atoms with Gasteiger partial charge < -0.3 is 10.1 Å². The molecule has 2 aliphatic rings. The summed E-state index contributed by atoms with van der Waals surface area (Å²) in [5.74, 6) is -2.46. The zero-order valence-electron chi connectivity index (χ0n) is 16.4. The fraction of sp³-hybridized carbons (Fsp3) is 0.524. The van der Waals surface area contributed by atoms with Crippen molar-refractivity contribution in [3.8, 4) is 0 Å². The number of likely N-dealkylation sites (tertiary alicyclic amines) is 1. The third-order valence-corrected chi connectivity index (χ3v) is 5.58. The minimum atomic E-state index is -1.05. The smallest absolute Gasteiger partial charge is 0.329 e. The van der Waals surface area contributed by atoms with Crippen molar-refractivity contribution in [2.24, 2.45) is 11.8 Å². The number of rotatable bonds is 5. The summed E-state index contributed by atoms with van der Waals surface area (Å²) in [6.07, 6.45) is 2.16. The molecule has 1 aromatic rings. The van der Waals surface area contributed by atoms with E-state index in [1.54, 1.807) is 12.1 Å². The van der Waals surface area contributed by atoms with E-state index in [2.05, 4.69) is 5.32 Å². The fourth-order valence-corrected chi connectivity index (χ4v) is 3.88. The molecular weight excluding hydrogens is 360 g/mol. The SMILES string of the molecule is Cc1ccc(NC(=O)[C@@H](C)OC(=O)[C@H](C)N2C(=O)[C@H]3CCCC[C@@H]3C2=O)cc1. The molecule has 7 nitrogen and oxygen atoms in total. The van der Waals surface area contributed by atoms with Crippen molar-refractivity contribution >= 4 is 29.4 Å². The van der Waals surface area contributed by atoms with Gasteiger partial charge in [0.2, 0.25) is 11.8 Å². The number of nitrogens with one attached hydrogen (secondary N) is 1. The third kappa shape index (κ3) is 3.93. The topological polar surface area (TPSA) is 92.8 Å². The van der Waals surface area contributed by atoms with Crippen molar-refractivity contribution in [2.45, 2.75) is 58.6 Å². The lowest BCUT2D eigenvalue weighted by atomic mass is 9.81. The number of aryl methyl sites for hydroxylation is 1. The second-order valence-electron chi connectivity index (χ2n) is 7.65. The van der Waals surface area contributed by atoms with Gasteiger partial charge in [0, 0.05) is 5.69 Å². The van der Waals surface area contributed by atoms with Crippen molar-refractivity contribution < 1.29 is 23.9 Å². The molecule has 2 fully saturated rings. The molecule has 0 spiro atoms. The molecule has 0 bridgehead atoms. The summed E-state index contributed by atoms with van der Waals surface area (Å²) in [6, 6.07) is 6.19. The number of ether oxygens (including phenoxy) is 1. The van der Waals surface area contributed by atoms with Crippen LogP contribution in [0.15, 0.2) is 24.3 Å². The van der Waals surface area contributed by atoms with Gasteiger partial charge in [-0.15, -0.1) is 0 Å². The summed E-state index contributed by atoms with van der Waals surface area (Å²) < 4.78 is 5.24. The molecule has 1 saturated carbocycles. The highest BCUT2D eigenvalue weighted by Gasteiger charge is 2.51. The van der Waals surface area contributed by atoms with Crippen molar-refractivity contribution in [1.82, 2.24) is 4.90 Å². The van der Waals surface area contributed by atoms with Crippen LogP contribution in [-0.2, 0) is 23.9 Å². The number of hydrogen-bond donors (Lipinski definition) is 1. The molecular formula is C21H26N2O5. The Morgan fingerprint density at radius 1 is 1.04 bits per heavy atom. The molecule has 1 heterocycles. The van der Waals surface area contributed by atoms with Gasteiger partial charge in [0.15, 0.2) is 6.10 Å². The summed E-state index contributed by atoms with van der Waals surface area (Å²) in [5.41, 5.74) is 1.66. The Morgan fingerprint density at radius 3 is 2.11 bits per heavy atom. The van der Waals surface area contributed by atoms with E-state index >= 15 is 0 Å². The van der Waals surface area contributed by atoms with Gasteiger partial charge in [-0.2, -0.15) is 0 Å². The first-order valence-electron chi connectivity index (χ1n) is 9.74. The first-order chi connectivity index (χ1) is 13.3. The zero-order valence-corrected chi connectivity index (χ0v) is 16.4. The summed E-state index contributed by atoms with van der Waals surface area (Å²) in [6.45, 7) is 4.87. The second-order valence-corrected chi connectivity index (χ2v) is 7.65. The van der Waals surface area contributed by atoms with Crippen molar-refractivity contribution in [3.63, 3.8) is 0 Å². The number of amides is 3. The van der Waals surface area contributed by atoms with Crippen LogP contribution < -0.4 is 5.32 Å². The molecule has 1 N–H and O–H groups in total. The lowest BCUT2D eigenvalue weighted by Crippen LogP contribution is -2.46. The van der Waals surface area contributed by atoms with Gasteiger partial charge in [-0.05, 0) is 45.7 Å². The molecule has 0 radical (unpaired) electrons. The first kappa shape index (κ1) is 20.0. The molecule has 0 unspecified atom stereocenters. The van der Waals surface area contributed by atoms with Crippen LogP contribution in [0.3, 0.4) is 0 Å². The second kappa shape index (κ2) is 8.12. The fourth-order valence-electron chi connectivity index (χ4n) is 3.88. The van der Waals surface area contributed by atoms with Gasteiger partial charge in [-0.3, -0.25) is 19.3 Å². The van der Waals surface area contributed by atoms with Crippen LogP contribution in [0, 0.1) is 18.8 Å². The minimum absolute atomic E-state index is 0.295. The number of nitrogens with zero attached hydrogens (tertiary/aromatic N) is 1. The molecule has 3 rings (SSSR count). The van der Waals surface area contributed by atoms with Gasteiger partial charge in [0.1, 0.15) is 6.04 Å². The molecule has 3 amide bonds. The predicted molar refractivity (Wildman–Crippen MR) is 102 cm³/mol. The predicted octanol–water partition coefficient (Wildman–Crippen LogP) is 2.43.